The van der Waals surface area contributed by atoms with Gasteiger partial charge in [-0.25, -0.2) is 9.78 Å². The van der Waals surface area contributed by atoms with Crippen molar-refractivity contribution in [2.75, 3.05) is 38.1 Å². The molecule has 1 aromatic carbocycles. The van der Waals surface area contributed by atoms with Crippen molar-refractivity contribution in [2.45, 2.75) is 32.1 Å². The summed E-state index contributed by atoms with van der Waals surface area (Å²) in [7, 11) is 2.22. The first-order chi connectivity index (χ1) is 12.6. The summed E-state index contributed by atoms with van der Waals surface area (Å²) >= 11 is 0. The molecule has 1 N–H and O–H groups in total. The Bertz CT molecular complexity index is 812. The van der Waals surface area contributed by atoms with Gasteiger partial charge in [-0.1, -0.05) is 18.2 Å². The Morgan fingerprint density at radius 3 is 2.58 bits per heavy atom. The van der Waals surface area contributed by atoms with Gasteiger partial charge in [-0.05, 0) is 69.8 Å². The molecule has 0 atom stereocenters. The fourth-order valence-electron chi connectivity index (χ4n) is 4.60. The van der Waals surface area contributed by atoms with Crippen molar-refractivity contribution in [3.63, 3.8) is 0 Å². The fraction of sp³-hybridized carbons (Fsp3) is 0.524. The molecule has 5 nitrogen and oxygen atoms in total. The number of pyridine rings is 1. The van der Waals surface area contributed by atoms with Gasteiger partial charge in [-0.15, -0.1) is 0 Å². The van der Waals surface area contributed by atoms with Crippen molar-refractivity contribution in [3.8, 4) is 0 Å². The predicted molar refractivity (Wildman–Crippen MR) is 104 cm³/mol. The summed E-state index contributed by atoms with van der Waals surface area (Å²) in [5.74, 6) is -0.0770. The minimum Gasteiger partial charge on any atom is -0.478 e. The van der Waals surface area contributed by atoms with Crippen molar-refractivity contribution in [2.24, 2.45) is 5.41 Å². The molecule has 0 saturated carbocycles. The highest BCUT2D eigenvalue weighted by molar-refractivity contribution is 6.03. The van der Waals surface area contributed by atoms with Crippen LogP contribution in [0.4, 0.5) is 5.82 Å². The maximum atomic E-state index is 11.7. The van der Waals surface area contributed by atoms with Crippen molar-refractivity contribution in [1.29, 1.82) is 0 Å². The molecule has 26 heavy (non-hydrogen) atoms. The lowest BCUT2D eigenvalue weighted by Crippen LogP contribution is -2.41. The van der Waals surface area contributed by atoms with Gasteiger partial charge in [-0.2, -0.15) is 0 Å². The SMILES string of the molecule is CN1CCCC2(CC1)CCN(c1cc(C(=O)O)c3ccccc3n1)CC2. The van der Waals surface area contributed by atoms with E-state index in [2.05, 4.69) is 16.8 Å². The first kappa shape index (κ1) is 17.3. The van der Waals surface area contributed by atoms with Crippen molar-refractivity contribution < 1.29 is 9.90 Å². The first-order valence-corrected chi connectivity index (χ1v) is 9.63. The van der Waals surface area contributed by atoms with Crippen molar-refractivity contribution in [1.82, 2.24) is 9.88 Å². The largest absolute Gasteiger partial charge is 0.478 e. The quantitative estimate of drug-likeness (QED) is 0.893. The standard InChI is InChI=1S/C21H27N3O2/c1-23-11-4-7-21(8-12-23)9-13-24(14-10-21)19-15-17(20(25)26)16-5-2-3-6-18(16)22-19/h2-3,5-6,15H,4,7-14H2,1H3,(H,25,26). The highest BCUT2D eigenvalue weighted by atomic mass is 16.4. The molecule has 2 aromatic rings. The summed E-state index contributed by atoms with van der Waals surface area (Å²) in [4.78, 5) is 21.2. The summed E-state index contributed by atoms with van der Waals surface area (Å²) in [5.41, 5.74) is 1.58. The summed E-state index contributed by atoms with van der Waals surface area (Å²) < 4.78 is 0. The third-order valence-electron chi connectivity index (χ3n) is 6.35. The van der Waals surface area contributed by atoms with Gasteiger partial charge in [0.2, 0.25) is 0 Å². The van der Waals surface area contributed by atoms with Crippen LogP contribution in [0.5, 0.6) is 0 Å². The van der Waals surface area contributed by atoms with Crippen LogP contribution in [0.3, 0.4) is 0 Å². The van der Waals surface area contributed by atoms with E-state index in [1.54, 1.807) is 6.07 Å². The van der Waals surface area contributed by atoms with E-state index >= 15 is 0 Å². The summed E-state index contributed by atoms with van der Waals surface area (Å²) in [5, 5.41) is 10.3. The molecule has 2 fully saturated rings. The molecule has 0 radical (unpaired) electrons. The lowest BCUT2D eigenvalue weighted by Gasteiger charge is -2.42. The average Bonchev–Trinajstić information content (AvgIpc) is 2.83. The van der Waals surface area contributed by atoms with Gasteiger partial charge < -0.3 is 14.9 Å². The monoisotopic (exact) mass is 353 g/mol. The Labute approximate surface area is 154 Å². The second-order valence-electron chi connectivity index (χ2n) is 7.99. The molecule has 0 bridgehead atoms. The number of carbonyl (C=O) groups is 1. The van der Waals surface area contributed by atoms with Gasteiger partial charge in [0.05, 0.1) is 11.1 Å². The van der Waals surface area contributed by atoms with E-state index in [0.717, 1.165) is 24.4 Å². The molecular weight excluding hydrogens is 326 g/mol. The highest BCUT2D eigenvalue weighted by Crippen LogP contribution is 2.42. The van der Waals surface area contributed by atoms with Gasteiger partial charge in [0.15, 0.2) is 0 Å². The summed E-state index contributed by atoms with van der Waals surface area (Å²) in [6, 6.07) is 9.27. The highest BCUT2D eigenvalue weighted by Gasteiger charge is 2.36. The minimum absolute atomic E-state index is 0.349. The van der Waals surface area contributed by atoms with Crippen LogP contribution in [0.2, 0.25) is 0 Å². The van der Waals surface area contributed by atoms with E-state index in [9.17, 15) is 9.90 Å². The number of aromatic carboxylic acids is 1. The molecule has 0 aliphatic carbocycles. The molecule has 4 rings (SSSR count). The Balaban J connectivity index is 1.57. The third-order valence-corrected chi connectivity index (χ3v) is 6.35. The molecule has 1 aromatic heterocycles. The van der Waals surface area contributed by atoms with E-state index in [4.69, 9.17) is 4.98 Å². The topological polar surface area (TPSA) is 56.7 Å². The van der Waals surface area contributed by atoms with Crippen molar-refractivity contribution >= 4 is 22.7 Å². The zero-order chi connectivity index (χ0) is 18.1. The second-order valence-corrected chi connectivity index (χ2v) is 7.99. The number of piperidine rings is 1. The Kier molecular flexibility index (Phi) is 4.57. The molecule has 0 amide bonds. The lowest BCUT2D eigenvalue weighted by molar-refractivity contribution is 0.0699. The number of carboxylic acids is 1. The van der Waals surface area contributed by atoms with Gasteiger partial charge in [0.25, 0.3) is 0 Å². The molecule has 0 unspecified atom stereocenters. The van der Waals surface area contributed by atoms with Gasteiger partial charge >= 0.3 is 5.97 Å². The summed E-state index contributed by atoms with van der Waals surface area (Å²) in [6.07, 6.45) is 6.24. The van der Waals surface area contributed by atoms with E-state index in [0.29, 0.717) is 16.4 Å². The number of nitrogens with zero attached hydrogens (tertiary/aromatic N) is 3. The zero-order valence-electron chi connectivity index (χ0n) is 15.4. The average molecular weight is 353 g/mol. The normalized spacial score (nSPS) is 21.0. The van der Waals surface area contributed by atoms with Crippen LogP contribution in [-0.2, 0) is 0 Å². The van der Waals surface area contributed by atoms with Crippen molar-refractivity contribution in [3.05, 3.63) is 35.9 Å². The molecule has 2 aliphatic rings. The van der Waals surface area contributed by atoms with Crippen LogP contribution >= 0.6 is 0 Å². The molecular formula is C21H27N3O2. The number of carboxylic acid groups (broad SMARTS) is 1. The molecule has 3 heterocycles. The number of benzene rings is 1. The number of aromatic nitrogens is 1. The van der Waals surface area contributed by atoms with Crippen LogP contribution in [0, 0.1) is 5.41 Å². The Morgan fingerprint density at radius 1 is 1.08 bits per heavy atom. The number of likely N-dealkylation sites (tertiary alicyclic amines) is 1. The molecule has 5 heteroatoms. The molecule has 2 saturated heterocycles. The van der Waals surface area contributed by atoms with Gasteiger partial charge in [0, 0.05) is 18.5 Å². The maximum Gasteiger partial charge on any atom is 0.336 e. The van der Waals surface area contributed by atoms with Crippen LogP contribution in [-0.4, -0.2) is 54.2 Å². The Morgan fingerprint density at radius 2 is 1.81 bits per heavy atom. The first-order valence-electron chi connectivity index (χ1n) is 9.63. The number of rotatable bonds is 2. The van der Waals surface area contributed by atoms with E-state index < -0.39 is 5.97 Å². The minimum atomic E-state index is -0.884. The molecule has 1 spiro atoms. The molecule has 138 valence electrons. The van der Waals surface area contributed by atoms with Crippen LogP contribution in [0.1, 0.15) is 42.5 Å². The summed E-state index contributed by atoms with van der Waals surface area (Å²) in [6.45, 7) is 4.33. The Hall–Kier alpha value is -2.14. The predicted octanol–water partition coefficient (Wildman–Crippen LogP) is 3.64. The smallest absolute Gasteiger partial charge is 0.336 e. The number of anilines is 1. The maximum absolute atomic E-state index is 11.7. The van der Waals surface area contributed by atoms with Crippen LogP contribution in [0.15, 0.2) is 30.3 Å². The molecule has 2 aliphatic heterocycles. The number of hydrogen-bond donors (Lipinski definition) is 1. The van der Waals surface area contributed by atoms with Crippen LogP contribution < -0.4 is 4.90 Å². The lowest BCUT2D eigenvalue weighted by atomic mass is 9.73. The second kappa shape index (κ2) is 6.88. The van der Waals surface area contributed by atoms with E-state index in [-0.39, 0.29) is 0 Å². The number of hydrogen-bond acceptors (Lipinski definition) is 4. The van der Waals surface area contributed by atoms with E-state index in [1.807, 2.05) is 24.3 Å². The third kappa shape index (κ3) is 3.28. The van der Waals surface area contributed by atoms with Crippen LogP contribution in [0.25, 0.3) is 10.9 Å². The van der Waals surface area contributed by atoms with Gasteiger partial charge in [0.1, 0.15) is 5.82 Å². The zero-order valence-corrected chi connectivity index (χ0v) is 15.4. The number of fused-ring (bicyclic) bond motifs is 1. The number of para-hydroxylation sites is 1. The van der Waals surface area contributed by atoms with Gasteiger partial charge in [-0.3, -0.25) is 0 Å². The van der Waals surface area contributed by atoms with E-state index in [1.165, 1.54) is 45.2 Å². The fourth-order valence-corrected chi connectivity index (χ4v) is 4.60.